The fourth-order valence-corrected chi connectivity index (χ4v) is 5.34. The summed E-state index contributed by atoms with van der Waals surface area (Å²) in [5.41, 5.74) is 2.39. The normalized spacial score (nSPS) is 15.9. The standard InChI is InChI=1S/C18H22N2O3S2/c1-13(2)17(19-25(22,23)16-8-5-11-24-16)18(21)20-10-9-14-6-3-4-7-15(14)12-20/h3-8,11,13,17,19H,9-10,12H2,1-2H3/t17-/m0/s1. The summed E-state index contributed by atoms with van der Waals surface area (Å²) in [4.78, 5) is 14.8. The largest absolute Gasteiger partial charge is 0.337 e. The number of hydrogen-bond donors (Lipinski definition) is 1. The molecule has 1 aromatic heterocycles. The van der Waals surface area contributed by atoms with Crippen LogP contribution in [-0.4, -0.2) is 31.8 Å². The smallest absolute Gasteiger partial charge is 0.250 e. The zero-order valence-corrected chi connectivity index (χ0v) is 15.9. The van der Waals surface area contributed by atoms with E-state index in [0.29, 0.717) is 13.1 Å². The summed E-state index contributed by atoms with van der Waals surface area (Å²) in [6.45, 7) is 4.85. The summed E-state index contributed by atoms with van der Waals surface area (Å²) in [5.74, 6) is -0.302. The number of rotatable bonds is 5. The summed E-state index contributed by atoms with van der Waals surface area (Å²) in [7, 11) is -3.68. The van der Waals surface area contributed by atoms with Crippen LogP contribution in [0.25, 0.3) is 0 Å². The third kappa shape index (κ3) is 3.94. The maximum absolute atomic E-state index is 13.0. The summed E-state index contributed by atoms with van der Waals surface area (Å²) < 4.78 is 27.9. The highest BCUT2D eigenvalue weighted by molar-refractivity contribution is 7.91. The highest BCUT2D eigenvalue weighted by atomic mass is 32.2. The summed E-state index contributed by atoms with van der Waals surface area (Å²) in [6.07, 6.45) is 0.796. The Morgan fingerprint density at radius 1 is 1.16 bits per heavy atom. The molecule has 1 aromatic carbocycles. The molecule has 2 heterocycles. The molecular formula is C18H22N2O3S2. The van der Waals surface area contributed by atoms with Gasteiger partial charge in [0.1, 0.15) is 10.3 Å². The molecule has 1 amide bonds. The van der Waals surface area contributed by atoms with Gasteiger partial charge in [-0.1, -0.05) is 44.2 Å². The lowest BCUT2D eigenvalue weighted by Gasteiger charge is -2.33. The monoisotopic (exact) mass is 378 g/mol. The second-order valence-corrected chi connectivity index (χ2v) is 9.44. The van der Waals surface area contributed by atoms with Gasteiger partial charge in [0.25, 0.3) is 10.0 Å². The molecule has 0 bridgehead atoms. The molecule has 134 valence electrons. The molecule has 0 spiro atoms. The first-order valence-electron chi connectivity index (χ1n) is 8.30. The Balaban J connectivity index is 1.78. The van der Waals surface area contributed by atoms with Crippen molar-refractivity contribution in [3.05, 3.63) is 52.9 Å². The van der Waals surface area contributed by atoms with Crippen molar-refractivity contribution in [2.24, 2.45) is 5.92 Å². The van der Waals surface area contributed by atoms with Gasteiger partial charge in [-0.25, -0.2) is 8.42 Å². The zero-order chi connectivity index (χ0) is 18.0. The van der Waals surface area contributed by atoms with Crippen molar-refractivity contribution >= 4 is 27.3 Å². The quantitative estimate of drug-likeness (QED) is 0.870. The first-order chi connectivity index (χ1) is 11.9. The van der Waals surface area contributed by atoms with E-state index in [1.807, 2.05) is 32.0 Å². The van der Waals surface area contributed by atoms with Crippen LogP contribution in [0, 0.1) is 5.92 Å². The van der Waals surface area contributed by atoms with E-state index >= 15 is 0 Å². The van der Waals surface area contributed by atoms with Gasteiger partial charge in [0, 0.05) is 13.1 Å². The maximum Gasteiger partial charge on any atom is 0.250 e. The molecule has 25 heavy (non-hydrogen) atoms. The van der Waals surface area contributed by atoms with E-state index in [9.17, 15) is 13.2 Å². The van der Waals surface area contributed by atoms with Gasteiger partial charge in [0.15, 0.2) is 0 Å². The Morgan fingerprint density at radius 2 is 1.88 bits per heavy atom. The molecule has 3 rings (SSSR count). The van der Waals surface area contributed by atoms with Gasteiger partial charge < -0.3 is 4.90 Å². The van der Waals surface area contributed by atoms with Crippen molar-refractivity contribution in [1.82, 2.24) is 9.62 Å². The third-order valence-electron chi connectivity index (χ3n) is 4.42. The topological polar surface area (TPSA) is 66.5 Å². The summed E-state index contributed by atoms with van der Waals surface area (Å²) in [6, 6.07) is 10.5. The first-order valence-corrected chi connectivity index (χ1v) is 10.7. The highest BCUT2D eigenvalue weighted by Crippen LogP contribution is 2.22. The summed E-state index contributed by atoms with van der Waals surface area (Å²) >= 11 is 1.15. The molecule has 1 aliphatic heterocycles. The van der Waals surface area contributed by atoms with E-state index in [1.165, 1.54) is 5.56 Å². The molecule has 1 atom stereocenters. The van der Waals surface area contributed by atoms with Gasteiger partial charge in [-0.15, -0.1) is 11.3 Å². The predicted molar refractivity (Wildman–Crippen MR) is 98.8 cm³/mol. The number of thiophene rings is 1. The zero-order valence-electron chi connectivity index (χ0n) is 14.3. The lowest BCUT2D eigenvalue weighted by atomic mass is 9.97. The van der Waals surface area contributed by atoms with Crippen LogP contribution in [0.1, 0.15) is 25.0 Å². The van der Waals surface area contributed by atoms with Crippen LogP contribution in [0.5, 0.6) is 0 Å². The molecule has 1 aliphatic rings. The van der Waals surface area contributed by atoms with Crippen molar-refractivity contribution < 1.29 is 13.2 Å². The number of benzene rings is 1. The Morgan fingerprint density at radius 3 is 2.52 bits per heavy atom. The van der Waals surface area contributed by atoms with Crippen LogP contribution in [0.4, 0.5) is 0 Å². The molecule has 0 aliphatic carbocycles. The first kappa shape index (κ1) is 18.1. The second-order valence-electron chi connectivity index (χ2n) is 6.55. The Bertz CT molecular complexity index is 845. The van der Waals surface area contributed by atoms with Crippen molar-refractivity contribution in [2.75, 3.05) is 6.54 Å². The molecule has 7 heteroatoms. The van der Waals surface area contributed by atoms with Gasteiger partial charge in [-0.3, -0.25) is 4.79 Å². The van der Waals surface area contributed by atoms with Crippen molar-refractivity contribution in [1.29, 1.82) is 0 Å². The van der Waals surface area contributed by atoms with Gasteiger partial charge >= 0.3 is 0 Å². The third-order valence-corrected chi connectivity index (χ3v) is 7.26. The molecule has 0 unspecified atom stereocenters. The van der Waals surface area contributed by atoms with Crippen molar-refractivity contribution in [3.63, 3.8) is 0 Å². The molecule has 0 saturated heterocycles. The van der Waals surface area contributed by atoms with Crippen LogP contribution in [0.15, 0.2) is 46.0 Å². The van der Waals surface area contributed by atoms with Crippen molar-refractivity contribution in [2.45, 2.75) is 37.1 Å². The van der Waals surface area contributed by atoms with Crippen LogP contribution in [0.3, 0.4) is 0 Å². The second kappa shape index (κ2) is 7.27. The van der Waals surface area contributed by atoms with E-state index in [1.54, 1.807) is 22.4 Å². The molecule has 0 saturated carbocycles. The number of amides is 1. The lowest BCUT2D eigenvalue weighted by Crippen LogP contribution is -2.52. The SMILES string of the molecule is CC(C)[C@H](NS(=O)(=O)c1cccs1)C(=O)N1CCc2ccccc2C1. The Kier molecular flexibility index (Phi) is 5.27. The number of carbonyl (C=O) groups excluding carboxylic acids is 1. The van der Waals surface area contributed by atoms with Crippen LogP contribution >= 0.6 is 11.3 Å². The predicted octanol–water partition coefficient (Wildman–Crippen LogP) is 2.64. The number of fused-ring (bicyclic) bond motifs is 1. The number of nitrogens with zero attached hydrogens (tertiary/aromatic N) is 1. The highest BCUT2D eigenvalue weighted by Gasteiger charge is 2.33. The summed E-state index contributed by atoms with van der Waals surface area (Å²) in [5, 5.41) is 1.71. The van der Waals surface area contributed by atoms with Crippen LogP contribution < -0.4 is 4.72 Å². The Labute approximate surface area is 152 Å². The van der Waals surface area contributed by atoms with E-state index in [0.717, 1.165) is 23.3 Å². The number of nitrogens with one attached hydrogen (secondary N) is 1. The minimum atomic E-state index is -3.68. The fraction of sp³-hybridized carbons (Fsp3) is 0.389. The van der Waals surface area contributed by atoms with Gasteiger partial charge in [-0.2, -0.15) is 4.72 Å². The maximum atomic E-state index is 13.0. The molecule has 5 nitrogen and oxygen atoms in total. The number of hydrogen-bond acceptors (Lipinski definition) is 4. The van der Waals surface area contributed by atoms with E-state index in [2.05, 4.69) is 10.8 Å². The van der Waals surface area contributed by atoms with Crippen molar-refractivity contribution in [3.8, 4) is 0 Å². The van der Waals surface area contributed by atoms with Gasteiger partial charge in [-0.05, 0) is 34.9 Å². The lowest BCUT2D eigenvalue weighted by molar-refractivity contribution is -0.135. The minimum Gasteiger partial charge on any atom is -0.337 e. The van der Waals surface area contributed by atoms with Gasteiger partial charge in [0.05, 0.1) is 0 Å². The molecular weight excluding hydrogens is 356 g/mol. The number of carbonyl (C=O) groups is 1. The number of sulfonamides is 1. The molecule has 0 radical (unpaired) electrons. The molecule has 1 N–H and O–H groups in total. The van der Waals surface area contributed by atoms with E-state index in [-0.39, 0.29) is 16.0 Å². The van der Waals surface area contributed by atoms with Crippen LogP contribution in [-0.2, 0) is 27.8 Å². The molecule has 0 fully saturated rings. The van der Waals surface area contributed by atoms with E-state index in [4.69, 9.17) is 0 Å². The Hall–Kier alpha value is -1.70. The minimum absolute atomic E-state index is 0.139. The average Bonchev–Trinajstić information content (AvgIpc) is 3.14. The van der Waals surface area contributed by atoms with Crippen LogP contribution in [0.2, 0.25) is 0 Å². The van der Waals surface area contributed by atoms with Gasteiger partial charge in [0.2, 0.25) is 5.91 Å². The molecule has 2 aromatic rings. The van der Waals surface area contributed by atoms with E-state index < -0.39 is 16.1 Å². The average molecular weight is 379 g/mol. The fourth-order valence-electron chi connectivity index (χ4n) is 2.99.